The van der Waals surface area contributed by atoms with E-state index in [-0.39, 0.29) is 46.6 Å². The molecule has 4 fully saturated rings. The zero-order chi connectivity index (χ0) is 28.7. The maximum absolute atomic E-state index is 14.6. The second kappa shape index (κ2) is 9.63. The van der Waals surface area contributed by atoms with Crippen LogP contribution in [-0.2, 0) is 26.1 Å². The van der Waals surface area contributed by atoms with E-state index in [9.17, 15) is 14.7 Å². The number of aromatic nitrogens is 2. The minimum Gasteiger partial charge on any atom is -0.393 e. The molecule has 1 N–H and O–H groups in total. The third-order valence-corrected chi connectivity index (χ3v) is 12.3. The second-order valence-corrected chi connectivity index (χ2v) is 14.2. The van der Waals surface area contributed by atoms with Crippen LogP contribution < -0.4 is 0 Å². The summed E-state index contributed by atoms with van der Waals surface area (Å²) in [6, 6.07) is 8.00. The molecule has 7 rings (SSSR count). The molecule has 0 spiro atoms. The van der Waals surface area contributed by atoms with Crippen LogP contribution in [0.4, 0.5) is 0 Å². The number of carbonyl (C=O) groups excluding carboxylic acids is 2. The predicted octanol–water partition coefficient (Wildman–Crippen LogP) is 5.40. The first-order valence-electron chi connectivity index (χ1n) is 15.2. The molecule has 8 heteroatoms. The summed E-state index contributed by atoms with van der Waals surface area (Å²) in [5.74, 6) is 0.697. The molecule has 5 unspecified atom stereocenters. The van der Waals surface area contributed by atoms with Gasteiger partial charge in [-0.2, -0.15) is 0 Å². The highest BCUT2D eigenvalue weighted by molar-refractivity contribution is 7.99. The fourth-order valence-electron chi connectivity index (χ4n) is 9.50. The van der Waals surface area contributed by atoms with Crippen molar-refractivity contribution >= 4 is 34.4 Å². The Labute approximate surface area is 245 Å². The van der Waals surface area contributed by atoms with Gasteiger partial charge in [-0.25, -0.2) is 4.98 Å². The van der Waals surface area contributed by atoms with Crippen LogP contribution in [0.25, 0.3) is 11.0 Å². The van der Waals surface area contributed by atoms with Crippen LogP contribution in [0.1, 0.15) is 59.3 Å². The van der Waals surface area contributed by atoms with Gasteiger partial charge in [0.2, 0.25) is 0 Å². The van der Waals surface area contributed by atoms with E-state index in [0.29, 0.717) is 6.42 Å². The third kappa shape index (κ3) is 3.79. The summed E-state index contributed by atoms with van der Waals surface area (Å²) in [5, 5.41) is 12.7. The number of allylic oxidation sites excluding steroid dienone is 4. The van der Waals surface area contributed by atoms with Crippen molar-refractivity contribution in [1.29, 1.82) is 0 Å². The topological polar surface area (TPSA) is 90.7 Å². The van der Waals surface area contributed by atoms with E-state index < -0.39 is 23.4 Å². The Morgan fingerprint density at radius 2 is 2.07 bits per heavy atom. The molecule has 9 atom stereocenters. The van der Waals surface area contributed by atoms with Gasteiger partial charge in [0.15, 0.2) is 28.6 Å². The van der Waals surface area contributed by atoms with Crippen molar-refractivity contribution in [3.05, 3.63) is 48.1 Å². The fourth-order valence-corrected chi connectivity index (χ4v) is 10.4. The summed E-state index contributed by atoms with van der Waals surface area (Å²) >= 11 is 1.46. The number of ether oxygens (including phenoxy) is 2. The SMILES string of the molecule is CCC[C@@H]1O[C@@H]2CC3C4CCC5=CC(=O)C=CC5(C)C4[C@@H](O)CC3(C)[C@]2(C(=O)CSc2nc3ccccc3n2C)O1. The van der Waals surface area contributed by atoms with Crippen LogP contribution in [0.2, 0.25) is 0 Å². The first kappa shape index (κ1) is 27.6. The largest absolute Gasteiger partial charge is 0.393 e. The Balaban J connectivity index is 1.23. The highest BCUT2D eigenvalue weighted by atomic mass is 32.2. The van der Waals surface area contributed by atoms with Gasteiger partial charge in [-0.15, -0.1) is 0 Å². The lowest BCUT2D eigenvalue weighted by molar-refractivity contribution is -0.197. The lowest BCUT2D eigenvalue weighted by atomic mass is 9.46. The molecular formula is C33H40N2O5S. The number of ketones is 2. The minimum absolute atomic E-state index is 0.00304. The summed E-state index contributed by atoms with van der Waals surface area (Å²) in [4.78, 5) is 31.5. The maximum atomic E-state index is 14.6. The van der Waals surface area contributed by atoms with E-state index in [1.165, 1.54) is 11.8 Å². The molecule has 7 nitrogen and oxygen atoms in total. The van der Waals surface area contributed by atoms with Crippen LogP contribution in [0, 0.1) is 28.6 Å². The van der Waals surface area contributed by atoms with E-state index in [0.717, 1.165) is 53.9 Å². The molecular weight excluding hydrogens is 536 g/mol. The van der Waals surface area contributed by atoms with Crippen molar-refractivity contribution in [2.24, 2.45) is 35.6 Å². The zero-order valence-electron chi connectivity index (χ0n) is 24.3. The number of benzene rings is 1. The Bertz CT molecular complexity index is 1480. The standard InChI is InChI=1S/C33H40N2O5S/c1-5-8-28-39-27-16-22-21-12-11-19-15-20(36)13-14-31(19,2)29(21)25(37)17-32(22,3)33(27,40-28)26(38)18-41-30-34-23-9-6-7-10-24(23)35(30)4/h6-7,9-10,13-15,21-22,25,27-29,37H,5,8,11-12,16-18H2,1-4H3/t21?,22?,25-,27+,28+,29?,31?,32?,33+/m0/s1. The minimum atomic E-state index is -1.10. The van der Waals surface area contributed by atoms with E-state index in [4.69, 9.17) is 14.5 Å². The van der Waals surface area contributed by atoms with Gasteiger partial charge in [-0.1, -0.05) is 62.7 Å². The number of thioether (sulfide) groups is 1. The average Bonchev–Trinajstić information content (AvgIpc) is 3.55. The Morgan fingerprint density at radius 3 is 2.85 bits per heavy atom. The summed E-state index contributed by atoms with van der Waals surface area (Å²) in [6.07, 6.45) is 8.73. The van der Waals surface area contributed by atoms with Crippen molar-refractivity contribution in [2.45, 2.75) is 88.6 Å². The smallest absolute Gasteiger partial charge is 0.178 e. The van der Waals surface area contributed by atoms with Crippen LogP contribution in [0.15, 0.2) is 53.2 Å². The van der Waals surface area contributed by atoms with Crippen LogP contribution in [0.5, 0.6) is 0 Å². The summed E-state index contributed by atoms with van der Waals surface area (Å²) in [5.41, 5.74) is 1.07. The van der Waals surface area contributed by atoms with Crippen molar-refractivity contribution in [2.75, 3.05) is 5.75 Å². The quantitative estimate of drug-likeness (QED) is 0.460. The number of hydrogen-bond acceptors (Lipinski definition) is 7. The van der Waals surface area contributed by atoms with Crippen molar-refractivity contribution in [3.63, 3.8) is 0 Å². The predicted molar refractivity (Wildman–Crippen MR) is 157 cm³/mol. The van der Waals surface area contributed by atoms with E-state index in [2.05, 4.69) is 20.8 Å². The Hall–Kier alpha value is -2.26. The molecule has 1 aromatic heterocycles. The van der Waals surface area contributed by atoms with Gasteiger partial charge in [-0.3, -0.25) is 9.59 Å². The van der Waals surface area contributed by atoms with Crippen molar-refractivity contribution in [1.82, 2.24) is 9.55 Å². The number of para-hydroxylation sites is 2. The van der Waals surface area contributed by atoms with Gasteiger partial charge in [0.1, 0.15) is 0 Å². The second-order valence-electron chi connectivity index (χ2n) is 13.3. The molecule has 4 aliphatic carbocycles. The van der Waals surface area contributed by atoms with Crippen molar-refractivity contribution < 1.29 is 24.2 Å². The third-order valence-electron chi connectivity index (χ3n) is 11.3. The van der Waals surface area contributed by atoms with E-state index >= 15 is 0 Å². The van der Waals surface area contributed by atoms with Gasteiger partial charge in [0.05, 0.1) is 29.0 Å². The number of aryl methyl sites for hydroxylation is 1. The number of aliphatic hydroxyl groups is 1. The van der Waals surface area contributed by atoms with Crippen LogP contribution in [-0.4, -0.2) is 56.1 Å². The average molecular weight is 577 g/mol. The highest BCUT2D eigenvalue weighted by Gasteiger charge is 2.75. The lowest BCUT2D eigenvalue weighted by Crippen LogP contribution is -2.63. The number of hydrogen-bond donors (Lipinski definition) is 1. The summed E-state index contributed by atoms with van der Waals surface area (Å²) < 4.78 is 15.4. The van der Waals surface area contributed by atoms with E-state index in [1.807, 2.05) is 42.0 Å². The first-order chi connectivity index (χ1) is 19.6. The molecule has 0 bridgehead atoms. The number of imidazole rings is 1. The van der Waals surface area contributed by atoms with Gasteiger partial charge in [0, 0.05) is 23.8 Å². The molecule has 218 valence electrons. The van der Waals surface area contributed by atoms with Crippen molar-refractivity contribution in [3.8, 4) is 0 Å². The molecule has 0 radical (unpaired) electrons. The van der Waals surface area contributed by atoms with E-state index in [1.54, 1.807) is 12.2 Å². The summed E-state index contributed by atoms with van der Waals surface area (Å²) in [7, 11) is 1.99. The molecule has 2 aromatic rings. The Morgan fingerprint density at radius 1 is 1.27 bits per heavy atom. The number of nitrogens with zero attached hydrogens (tertiary/aromatic N) is 2. The number of aliphatic hydroxyl groups excluding tert-OH is 1. The van der Waals surface area contributed by atoms with Gasteiger partial charge < -0.3 is 19.1 Å². The zero-order valence-corrected chi connectivity index (χ0v) is 25.2. The van der Waals surface area contributed by atoms with Crippen LogP contribution >= 0.6 is 11.8 Å². The first-order valence-corrected chi connectivity index (χ1v) is 16.1. The maximum Gasteiger partial charge on any atom is 0.178 e. The molecule has 1 aliphatic heterocycles. The monoisotopic (exact) mass is 576 g/mol. The normalized spacial score (nSPS) is 41.1. The molecule has 1 saturated heterocycles. The van der Waals surface area contributed by atoms with Gasteiger partial charge in [0.25, 0.3) is 0 Å². The van der Waals surface area contributed by atoms with Gasteiger partial charge >= 0.3 is 0 Å². The molecule has 1 aromatic carbocycles. The number of Topliss-reactive ketones (excluding diaryl/α,β-unsaturated/α-hetero) is 1. The molecule has 2 heterocycles. The molecule has 0 amide bonds. The molecule has 3 saturated carbocycles. The Kier molecular flexibility index (Phi) is 6.47. The summed E-state index contributed by atoms with van der Waals surface area (Å²) in [6.45, 7) is 6.46. The number of fused-ring (bicyclic) bond motifs is 8. The fraction of sp³-hybridized carbons (Fsp3) is 0.606. The molecule has 41 heavy (non-hydrogen) atoms. The van der Waals surface area contributed by atoms with Crippen LogP contribution in [0.3, 0.4) is 0 Å². The number of carbonyl (C=O) groups is 2. The lowest BCUT2D eigenvalue weighted by Gasteiger charge is -2.59. The highest BCUT2D eigenvalue weighted by Crippen LogP contribution is 2.69. The molecule has 5 aliphatic rings. The van der Waals surface area contributed by atoms with Gasteiger partial charge in [-0.05, 0) is 68.2 Å². The number of rotatable bonds is 6.